The number of halogens is 3. The van der Waals surface area contributed by atoms with Gasteiger partial charge in [-0.05, 0) is 19.1 Å². The lowest BCUT2D eigenvalue weighted by molar-refractivity contribution is -0.142. The van der Waals surface area contributed by atoms with Crippen LogP contribution in [0.5, 0.6) is 0 Å². The fourth-order valence-electron chi connectivity index (χ4n) is 1.91. The molecule has 0 unspecified atom stereocenters. The number of alkyl halides is 3. The highest BCUT2D eigenvalue weighted by atomic mass is 19.4. The molecule has 0 amide bonds. The average Bonchev–Trinajstić information content (AvgIpc) is 2.90. The summed E-state index contributed by atoms with van der Waals surface area (Å²) >= 11 is 0. The minimum Gasteiger partial charge on any atom is -0.235 e. The smallest absolute Gasteiger partial charge is 0.235 e. The number of aryl methyl sites for hydroxylation is 1. The molecule has 3 rings (SSSR count). The van der Waals surface area contributed by atoms with E-state index in [-0.39, 0.29) is 11.6 Å². The highest BCUT2D eigenvalue weighted by molar-refractivity contribution is 5.55. The summed E-state index contributed by atoms with van der Waals surface area (Å²) in [7, 11) is 0. The second-order valence-electron chi connectivity index (χ2n) is 4.19. The number of aromatic nitrogens is 6. The summed E-state index contributed by atoms with van der Waals surface area (Å²) in [5.74, 6) is 0.348. The Labute approximate surface area is 110 Å². The molecular weight excluding hydrogens is 273 g/mol. The van der Waals surface area contributed by atoms with Crippen molar-refractivity contribution >= 4 is 5.65 Å². The highest BCUT2D eigenvalue weighted by Gasteiger charge is 2.31. The van der Waals surface area contributed by atoms with Crippen LogP contribution in [0.4, 0.5) is 13.2 Å². The van der Waals surface area contributed by atoms with Crippen molar-refractivity contribution in [2.75, 3.05) is 0 Å². The van der Waals surface area contributed by atoms with Crippen LogP contribution in [0, 0.1) is 6.92 Å². The minimum absolute atomic E-state index is 0.0889. The molecule has 6 nitrogen and oxygen atoms in total. The molecule has 104 valence electrons. The minimum atomic E-state index is -4.37. The van der Waals surface area contributed by atoms with E-state index in [4.69, 9.17) is 0 Å². The molecule has 3 heterocycles. The Balaban J connectivity index is 2.14. The van der Waals surface area contributed by atoms with Crippen molar-refractivity contribution in [2.45, 2.75) is 19.6 Å². The van der Waals surface area contributed by atoms with Gasteiger partial charge < -0.3 is 0 Å². The van der Waals surface area contributed by atoms with E-state index in [1.165, 1.54) is 23.8 Å². The third kappa shape index (κ3) is 2.22. The maximum atomic E-state index is 12.6. The Hall–Kier alpha value is -2.45. The Morgan fingerprint density at radius 1 is 1.30 bits per heavy atom. The number of hydrogen-bond acceptors (Lipinski definition) is 4. The molecule has 9 heteroatoms. The van der Waals surface area contributed by atoms with Gasteiger partial charge in [-0.1, -0.05) is 0 Å². The molecule has 3 aromatic heterocycles. The number of hydrogen-bond donors (Lipinski definition) is 0. The van der Waals surface area contributed by atoms with Gasteiger partial charge in [0.2, 0.25) is 0 Å². The van der Waals surface area contributed by atoms with Crippen molar-refractivity contribution in [1.82, 2.24) is 29.4 Å². The Morgan fingerprint density at radius 2 is 2.10 bits per heavy atom. The third-order valence-electron chi connectivity index (χ3n) is 2.61. The third-order valence-corrected chi connectivity index (χ3v) is 2.61. The van der Waals surface area contributed by atoms with E-state index in [2.05, 4.69) is 20.2 Å². The molecule has 0 spiro atoms. The molecule has 0 aliphatic rings. The summed E-state index contributed by atoms with van der Waals surface area (Å²) < 4.78 is 39.9. The SMILES string of the molecule is Cc1nc(-c2cnc3cccnn23)n(CC(F)(F)F)n1. The molecule has 0 fully saturated rings. The molecule has 0 aromatic carbocycles. The van der Waals surface area contributed by atoms with Crippen molar-refractivity contribution < 1.29 is 13.2 Å². The Kier molecular flexibility index (Phi) is 2.70. The summed E-state index contributed by atoms with van der Waals surface area (Å²) in [5.41, 5.74) is 0.896. The van der Waals surface area contributed by atoms with Crippen LogP contribution >= 0.6 is 0 Å². The van der Waals surface area contributed by atoms with Crippen LogP contribution in [0.15, 0.2) is 24.5 Å². The Bertz CT molecular complexity index is 757. The molecule has 0 bridgehead atoms. The number of imidazole rings is 1. The first kappa shape index (κ1) is 12.6. The van der Waals surface area contributed by atoms with Crippen molar-refractivity contribution in [1.29, 1.82) is 0 Å². The summed E-state index contributed by atoms with van der Waals surface area (Å²) in [4.78, 5) is 8.12. The monoisotopic (exact) mass is 282 g/mol. The largest absolute Gasteiger partial charge is 0.408 e. The van der Waals surface area contributed by atoms with E-state index in [0.717, 1.165) is 4.68 Å². The van der Waals surface area contributed by atoms with Gasteiger partial charge in [0.1, 0.15) is 18.1 Å². The van der Waals surface area contributed by atoms with Crippen molar-refractivity contribution in [3.8, 4) is 11.5 Å². The summed E-state index contributed by atoms with van der Waals surface area (Å²) in [5, 5.41) is 7.83. The number of nitrogens with zero attached hydrogens (tertiary/aromatic N) is 6. The lowest BCUT2D eigenvalue weighted by atomic mass is 10.4. The molecule has 0 aliphatic carbocycles. The maximum absolute atomic E-state index is 12.6. The highest BCUT2D eigenvalue weighted by Crippen LogP contribution is 2.23. The predicted molar refractivity (Wildman–Crippen MR) is 62.8 cm³/mol. The molecule has 0 radical (unpaired) electrons. The zero-order chi connectivity index (χ0) is 14.3. The van der Waals surface area contributed by atoms with Gasteiger partial charge in [0.05, 0.1) is 6.20 Å². The fourth-order valence-corrected chi connectivity index (χ4v) is 1.91. The van der Waals surface area contributed by atoms with E-state index in [1.807, 2.05) is 0 Å². The van der Waals surface area contributed by atoms with Crippen LogP contribution in [0.3, 0.4) is 0 Å². The fraction of sp³-hybridized carbons (Fsp3) is 0.273. The van der Waals surface area contributed by atoms with Gasteiger partial charge in [0.15, 0.2) is 11.5 Å². The average molecular weight is 282 g/mol. The van der Waals surface area contributed by atoms with Crippen LogP contribution in [-0.2, 0) is 6.54 Å². The lowest BCUT2D eigenvalue weighted by Crippen LogP contribution is -2.19. The Morgan fingerprint density at radius 3 is 2.85 bits per heavy atom. The van der Waals surface area contributed by atoms with Crippen LogP contribution in [0.1, 0.15) is 5.82 Å². The van der Waals surface area contributed by atoms with E-state index >= 15 is 0 Å². The maximum Gasteiger partial charge on any atom is 0.408 e. The van der Waals surface area contributed by atoms with Gasteiger partial charge in [-0.15, -0.1) is 0 Å². The van der Waals surface area contributed by atoms with Gasteiger partial charge in [-0.2, -0.15) is 23.4 Å². The quantitative estimate of drug-likeness (QED) is 0.719. The second kappa shape index (κ2) is 4.29. The van der Waals surface area contributed by atoms with Gasteiger partial charge in [-0.25, -0.2) is 19.2 Å². The molecule has 0 atom stereocenters. The molecule has 0 saturated heterocycles. The zero-order valence-electron chi connectivity index (χ0n) is 10.3. The first-order valence-electron chi connectivity index (χ1n) is 5.71. The molecule has 0 aliphatic heterocycles. The van der Waals surface area contributed by atoms with E-state index in [0.29, 0.717) is 11.3 Å². The second-order valence-corrected chi connectivity index (χ2v) is 4.19. The standard InChI is InChI=1S/C11H9F3N6/c1-7-17-10(19(18-7)6-11(12,13)14)8-5-15-9-3-2-4-16-20(8)9/h2-5H,6H2,1H3. The first-order valence-corrected chi connectivity index (χ1v) is 5.71. The lowest BCUT2D eigenvalue weighted by Gasteiger charge is -2.08. The van der Waals surface area contributed by atoms with Crippen molar-refractivity contribution in [2.24, 2.45) is 0 Å². The number of fused-ring (bicyclic) bond motifs is 1. The van der Waals surface area contributed by atoms with Gasteiger partial charge in [0, 0.05) is 6.20 Å². The first-order chi connectivity index (χ1) is 9.44. The van der Waals surface area contributed by atoms with E-state index < -0.39 is 12.7 Å². The molecule has 3 aromatic rings. The van der Waals surface area contributed by atoms with Gasteiger partial charge in [-0.3, -0.25) is 0 Å². The topological polar surface area (TPSA) is 60.9 Å². The molecule has 0 saturated carbocycles. The predicted octanol–water partition coefficient (Wildman–Crippen LogP) is 1.86. The van der Waals surface area contributed by atoms with E-state index in [9.17, 15) is 13.2 Å². The van der Waals surface area contributed by atoms with Crippen molar-refractivity contribution in [3.63, 3.8) is 0 Å². The summed E-state index contributed by atoms with van der Waals surface area (Å²) in [6, 6.07) is 3.39. The summed E-state index contributed by atoms with van der Waals surface area (Å²) in [6.07, 6.45) is -1.42. The summed E-state index contributed by atoms with van der Waals surface area (Å²) in [6.45, 7) is 0.330. The normalized spacial score (nSPS) is 12.2. The molecule has 20 heavy (non-hydrogen) atoms. The van der Waals surface area contributed by atoms with Crippen molar-refractivity contribution in [3.05, 3.63) is 30.4 Å². The zero-order valence-corrected chi connectivity index (χ0v) is 10.3. The van der Waals surface area contributed by atoms with Crippen LogP contribution < -0.4 is 0 Å². The van der Waals surface area contributed by atoms with Crippen LogP contribution in [-0.4, -0.2) is 35.5 Å². The molecule has 0 N–H and O–H groups in total. The van der Waals surface area contributed by atoms with E-state index in [1.54, 1.807) is 12.1 Å². The van der Waals surface area contributed by atoms with Gasteiger partial charge in [0.25, 0.3) is 0 Å². The molecular formula is C11H9F3N6. The number of rotatable bonds is 2. The van der Waals surface area contributed by atoms with Gasteiger partial charge >= 0.3 is 6.18 Å². The van der Waals surface area contributed by atoms with Crippen LogP contribution in [0.2, 0.25) is 0 Å². The van der Waals surface area contributed by atoms with Crippen LogP contribution in [0.25, 0.3) is 17.2 Å².